The summed E-state index contributed by atoms with van der Waals surface area (Å²) in [7, 11) is 1.57. The van der Waals surface area contributed by atoms with E-state index in [1.165, 1.54) is 22.7 Å². The molecule has 1 atom stereocenters. The number of nitriles is 1. The molecule has 0 fully saturated rings. The van der Waals surface area contributed by atoms with E-state index in [2.05, 4.69) is 33.7 Å². The number of esters is 1. The van der Waals surface area contributed by atoms with Crippen LogP contribution in [-0.2, 0) is 16.1 Å². The van der Waals surface area contributed by atoms with Crippen molar-refractivity contribution in [3.8, 4) is 17.6 Å². The van der Waals surface area contributed by atoms with Crippen LogP contribution >= 0.6 is 45.3 Å². The average molecular weight is 698 g/mol. The van der Waals surface area contributed by atoms with Crippen molar-refractivity contribution in [3.63, 3.8) is 0 Å². The molecular formula is C30H24IN3O5S2. The van der Waals surface area contributed by atoms with Gasteiger partial charge in [-0.2, -0.15) is 5.26 Å². The average Bonchev–Trinajstić information content (AvgIpc) is 3.60. The predicted molar refractivity (Wildman–Crippen MR) is 166 cm³/mol. The van der Waals surface area contributed by atoms with Gasteiger partial charge in [0.25, 0.3) is 5.56 Å². The van der Waals surface area contributed by atoms with Crippen molar-refractivity contribution >= 4 is 57.3 Å². The van der Waals surface area contributed by atoms with E-state index in [0.29, 0.717) is 44.3 Å². The molecule has 0 unspecified atom stereocenters. The molecule has 0 saturated carbocycles. The number of hydrogen-bond donors (Lipinski definition) is 0. The van der Waals surface area contributed by atoms with Crippen LogP contribution in [0.2, 0.25) is 0 Å². The van der Waals surface area contributed by atoms with Gasteiger partial charge in [-0.15, -0.1) is 11.3 Å². The number of nitrogens with zero attached hydrogens (tertiary/aromatic N) is 3. The Morgan fingerprint density at radius 2 is 2.02 bits per heavy atom. The number of rotatable bonds is 8. The standard InChI is InChI=1S/C30H24IN3O5S2/c1-4-38-29(36)25-17(2)33-30-34(26(25)23-6-5-11-40-23)28(35)24(41-30)14-20-12-21(31)27(22(13-20)37-3)39-16-19-9-7-18(15-32)8-10-19/h5-14,26H,4,16H2,1-3H3/b24-14-/t26-/m0/s1. The van der Waals surface area contributed by atoms with E-state index in [9.17, 15) is 9.59 Å². The van der Waals surface area contributed by atoms with Gasteiger partial charge in [0.15, 0.2) is 16.3 Å². The summed E-state index contributed by atoms with van der Waals surface area (Å²) in [4.78, 5) is 32.8. The normalized spacial score (nSPS) is 14.7. The number of benzene rings is 2. The number of thiophene rings is 1. The Morgan fingerprint density at radius 1 is 1.24 bits per heavy atom. The van der Waals surface area contributed by atoms with Crippen LogP contribution in [0.15, 0.2) is 75.0 Å². The van der Waals surface area contributed by atoms with Gasteiger partial charge in [-0.25, -0.2) is 9.79 Å². The van der Waals surface area contributed by atoms with Crippen molar-refractivity contribution < 1.29 is 19.0 Å². The molecule has 208 valence electrons. The summed E-state index contributed by atoms with van der Waals surface area (Å²) >= 11 is 4.93. The molecule has 0 radical (unpaired) electrons. The van der Waals surface area contributed by atoms with E-state index in [-0.39, 0.29) is 12.2 Å². The lowest BCUT2D eigenvalue weighted by Gasteiger charge is -2.23. The van der Waals surface area contributed by atoms with Gasteiger partial charge >= 0.3 is 5.97 Å². The molecule has 11 heteroatoms. The van der Waals surface area contributed by atoms with Crippen LogP contribution in [-0.4, -0.2) is 24.3 Å². The minimum atomic E-state index is -0.611. The lowest BCUT2D eigenvalue weighted by molar-refractivity contribution is -0.139. The lowest BCUT2D eigenvalue weighted by atomic mass is 10.0. The molecule has 4 aromatic rings. The van der Waals surface area contributed by atoms with Crippen molar-refractivity contribution in [3.05, 3.63) is 110 Å². The molecule has 1 aliphatic rings. The Bertz CT molecular complexity index is 1870. The molecule has 0 N–H and O–H groups in total. The van der Waals surface area contributed by atoms with E-state index in [1.54, 1.807) is 43.7 Å². The number of hydrogen-bond acceptors (Lipinski definition) is 9. The number of fused-ring (bicyclic) bond motifs is 1. The van der Waals surface area contributed by atoms with Gasteiger partial charge in [-0.05, 0) is 89.4 Å². The summed E-state index contributed by atoms with van der Waals surface area (Å²) in [5.41, 5.74) is 2.94. The fourth-order valence-electron chi connectivity index (χ4n) is 4.45. The van der Waals surface area contributed by atoms with E-state index >= 15 is 0 Å². The Morgan fingerprint density at radius 3 is 2.68 bits per heavy atom. The van der Waals surface area contributed by atoms with Gasteiger partial charge in [0.1, 0.15) is 12.6 Å². The molecule has 1 aliphatic heterocycles. The second-order valence-electron chi connectivity index (χ2n) is 8.95. The third-order valence-corrected chi connectivity index (χ3v) is 9.05. The molecule has 0 bridgehead atoms. The molecule has 0 amide bonds. The quantitative estimate of drug-likeness (QED) is 0.191. The van der Waals surface area contributed by atoms with Gasteiger partial charge in [0.2, 0.25) is 0 Å². The number of allylic oxidation sites excluding steroid dienone is 1. The van der Waals surface area contributed by atoms with E-state index in [0.717, 1.165) is 19.6 Å². The van der Waals surface area contributed by atoms with Crippen LogP contribution in [0, 0.1) is 14.9 Å². The number of carbonyl (C=O) groups excluding carboxylic acids is 1. The highest BCUT2D eigenvalue weighted by Gasteiger charge is 2.33. The topological polar surface area (TPSA) is 103 Å². The number of halogens is 1. The maximum absolute atomic E-state index is 13.8. The summed E-state index contributed by atoms with van der Waals surface area (Å²) in [5, 5.41) is 10.9. The molecule has 2 aromatic heterocycles. The second-order valence-corrected chi connectivity index (χ2v) is 12.1. The summed E-state index contributed by atoms with van der Waals surface area (Å²) < 4.78 is 19.9. The van der Waals surface area contributed by atoms with Crippen molar-refractivity contribution in [1.29, 1.82) is 5.26 Å². The summed E-state index contributed by atoms with van der Waals surface area (Å²) in [6.45, 7) is 4.06. The van der Waals surface area contributed by atoms with Gasteiger partial charge in [-0.1, -0.05) is 29.5 Å². The molecule has 2 aromatic carbocycles. The fraction of sp³-hybridized carbons (Fsp3) is 0.200. The van der Waals surface area contributed by atoms with Gasteiger partial charge in [-0.3, -0.25) is 9.36 Å². The lowest BCUT2D eigenvalue weighted by Crippen LogP contribution is -2.39. The highest BCUT2D eigenvalue weighted by molar-refractivity contribution is 14.1. The summed E-state index contributed by atoms with van der Waals surface area (Å²) in [6, 6.07) is 16.2. The SMILES string of the molecule is CCOC(=O)C1=C(C)N=c2s/c(=C\c3cc(I)c(OCc4ccc(C#N)cc4)c(OC)c3)c(=O)n2[C@H]1c1cccs1. The van der Waals surface area contributed by atoms with E-state index < -0.39 is 12.0 Å². The predicted octanol–water partition coefficient (Wildman–Crippen LogP) is 4.92. The largest absolute Gasteiger partial charge is 0.493 e. The first kappa shape index (κ1) is 28.8. The molecule has 0 saturated heterocycles. The minimum absolute atomic E-state index is 0.227. The Balaban J connectivity index is 1.53. The van der Waals surface area contributed by atoms with E-state index in [1.807, 2.05) is 41.8 Å². The first-order valence-electron chi connectivity index (χ1n) is 12.6. The number of ether oxygens (including phenoxy) is 3. The van der Waals surface area contributed by atoms with Crippen molar-refractivity contribution in [1.82, 2.24) is 4.57 Å². The number of thiazole rings is 1. The monoisotopic (exact) mass is 697 g/mol. The zero-order chi connectivity index (χ0) is 29.1. The van der Waals surface area contributed by atoms with Crippen molar-refractivity contribution in [2.24, 2.45) is 4.99 Å². The van der Waals surface area contributed by atoms with Gasteiger partial charge < -0.3 is 14.2 Å². The maximum Gasteiger partial charge on any atom is 0.338 e. The zero-order valence-corrected chi connectivity index (χ0v) is 26.1. The van der Waals surface area contributed by atoms with Crippen LogP contribution in [0.25, 0.3) is 6.08 Å². The molecule has 0 spiro atoms. The number of aromatic nitrogens is 1. The Kier molecular flexibility index (Phi) is 8.72. The zero-order valence-electron chi connectivity index (χ0n) is 22.3. The summed E-state index contributed by atoms with van der Waals surface area (Å²) in [6.07, 6.45) is 1.80. The molecule has 0 aliphatic carbocycles. The molecule has 5 rings (SSSR count). The minimum Gasteiger partial charge on any atom is -0.493 e. The van der Waals surface area contributed by atoms with Gasteiger partial charge in [0.05, 0.1) is 44.7 Å². The van der Waals surface area contributed by atoms with Crippen LogP contribution < -0.4 is 24.4 Å². The highest BCUT2D eigenvalue weighted by atomic mass is 127. The number of carbonyl (C=O) groups is 1. The third kappa shape index (κ3) is 5.86. The summed E-state index contributed by atoms with van der Waals surface area (Å²) in [5.74, 6) is 0.641. The molecule has 41 heavy (non-hydrogen) atoms. The van der Waals surface area contributed by atoms with Crippen LogP contribution in [0.1, 0.15) is 41.5 Å². The fourth-order valence-corrected chi connectivity index (χ4v) is 7.10. The first-order chi connectivity index (χ1) is 19.8. The molecule has 3 heterocycles. The van der Waals surface area contributed by atoms with Crippen molar-refractivity contribution in [2.45, 2.75) is 26.5 Å². The maximum atomic E-state index is 13.8. The van der Waals surface area contributed by atoms with Crippen LogP contribution in [0.3, 0.4) is 0 Å². The third-order valence-electron chi connectivity index (χ3n) is 6.35. The Hall–Kier alpha value is -3.73. The second kappa shape index (κ2) is 12.4. The highest BCUT2D eigenvalue weighted by Crippen LogP contribution is 2.35. The smallest absolute Gasteiger partial charge is 0.338 e. The van der Waals surface area contributed by atoms with Gasteiger partial charge in [0, 0.05) is 4.88 Å². The molecular weight excluding hydrogens is 673 g/mol. The van der Waals surface area contributed by atoms with Crippen LogP contribution in [0.4, 0.5) is 0 Å². The molecule has 8 nitrogen and oxygen atoms in total. The van der Waals surface area contributed by atoms with Crippen LogP contribution in [0.5, 0.6) is 11.5 Å². The Labute approximate surface area is 257 Å². The number of methoxy groups -OCH3 is 1. The van der Waals surface area contributed by atoms with E-state index in [4.69, 9.17) is 19.5 Å². The van der Waals surface area contributed by atoms with Crippen molar-refractivity contribution in [2.75, 3.05) is 13.7 Å². The first-order valence-corrected chi connectivity index (χ1v) is 15.3.